The van der Waals surface area contributed by atoms with Gasteiger partial charge in [-0.25, -0.2) is 0 Å². The number of hydrogen-bond donors (Lipinski definition) is 2. The molecular weight excluding hydrogens is 384 g/mol. The number of nitrogens with zero attached hydrogens (tertiary/aromatic N) is 2. The summed E-state index contributed by atoms with van der Waals surface area (Å²) in [7, 11) is 0. The van der Waals surface area contributed by atoms with Gasteiger partial charge in [0.1, 0.15) is 6.04 Å². The molecule has 1 aromatic rings. The number of nitrogens with one attached hydrogen (secondary N) is 1. The molecule has 3 atom stereocenters. The molecule has 8 heteroatoms. The number of unbranched alkanes of at least 4 members (excludes halogenated alkanes) is 2. The van der Waals surface area contributed by atoms with E-state index in [1.165, 1.54) is 6.26 Å². The second kappa shape index (κ2) is 11.7. The molecule has 0 aliphatic carbocycles. The molecule has 3 unspecified atom stereocenters. The summed E-state index contributed by atoms with van der Waals surface area (Å²) in [4.78, 5) is 41.7. The highest BCUT2D eigenvalue weighted by atomic mass is 16.3. The van der Waals surface area contributed by atoms with Crippen molar-refractivity contribution >= 4 is 17.7 Å². The van der Waals surface area contributed by atoms with Crippen molar-refractivity contribution in [3.05, 3.63) is 24.2 Å². The van der Waals surface area contributed by atoms with Gasteiger partial charge in [0.2, 0.25) is 11.8 Å². The van der Waals surface area contributed by atoms with Crippen LogP contribution in [0.4, 0.5) is 0 Å². The Morgan fingerprint density at radius 3 is 2.63 bits per heavy atom. The maximum Gasteiger partial charge on any atom is 0.289 e. The third-order valence-electron chi connectivity index (χ3n) is 5.84. The van der Waals surface area contributed by atoms with Gasteiger partial charge < -0.3 is 25.3 Å². The summed E-state index contributed by atoms with van der Waals surface area (Å²) in [6, 6.07) is 2.66. The van der Waals surface area contributed by atoms with E-state index in [4.69, 9.17) is 10.2 Å². The number of furan rings is 1. The molecule has 8 nitrogen and oxygen atoms in total. The molecule has 30 heavy (non-hydrogen) atoms. The summed E-state index contributed by atoms with van der Waals surface area (Å²) < 4.78 is 5.22. The smallest absolute Gasteiger partial charge is 0.289 e. The molecule has 3 amide bonds. The maximum atomic E-state index is 13.2. The standard InChI is InChI=1S/C22H36N4O4/c1-4-16(2)20(24-19(27)10-6-5-7-11-23)22(29)25-12-13-26(17(3)15-25)21(28)18-9-8-14-30-18/h8-9,14,16-17,20H,4-7,10-13,15,23H2,1-3H3,(H,24,27). The van der Waals surface area contributed by atoms with Gasteiger partial charge in [0.25, 0.3) is 5.91 Å². The van der Waals surface area contributed by atoms with Crippen LogP contribution in [0.3, 0.4) is 0 Å². The van der Waals surface area contributed by atoms with E-state index in [0.717, 1.165) is 25.7 Å². The van der Waals surface area contributed by atoms with E-state index in [-0.39, 0.29) is 29.7 Å². The van der Waals surface area contributed by atoms with Crippen LogP contribution in [-0.2, 0) is 9.59 Å². The van der Waals surface area contributed by atoms with Crippen molar-refractivity contribution < 1.29 is 18.8 Å². The summed E-state index contributed by atoms with van der Waals surface area (Å²) >= 11 is 0. The molecule has 1 aliphatic heterocycles. The van der Waals surface area contributed by atoms with Crippen molar-refractivity contribution in [1.82, 2.24) is 15.1 Å². The molecule has 0 radical (unpaired) electrons. The first-order valence-electron chi connectivity index (χ1n) is 11.0. The van der Waals surface area contributed by atoms with E-state index in [0.29, 0.717) is 38.4 Å². The third-order valence-corrected chi connectivity index (χ3v) is 5.84. The summed E-state index contributed by atoms with van der Waals surface area (Å²) in [5, 5.41) is 2.96. The first-order valence-corrected chi connectivity index (χ1v) is 11.0. The van der Waals surface area contributed by atoms with Crippen LogP contribution >= 0.6 is 0 Å². The Balaban J connectivity index is 1.96. The van der Waals surface area contributed by atoms with Crippen molar-refractivity contribution in [2.24, 2.45) is 11.7 Å². The average Bonchev–Trinajstić information content (AvgIpc) is 3.28. The molecule has 0 aromatic carbocycles. The van der Waals surface area contributed by atoms with E-state index in [9.17, 15) is 14.4 Å². The molecule has 1 aliphatic rings. The van der Waals surface area contributed by atoms with Crippen molar-refractivity contribution in [3.8, 4) is 0 Å². The Morgan fingerprint density at radius 1 is 1.27 bits per heavy atom. The lowest BCUT2D eigenvalue weighted by atomic mass is 9.96. The van der Waals surface area contributed by atoms with Crippen LogP contribution in [0.5, 0.6) is 0 Å². The molecule has 0 spiro atoms. The highest BCUT2D eigenvalue weighted by Gasteiger charge is 2.35. The molecule has 1 fully saturated rings. The first kappa shape index (κ1) is 23.9. The van der Waals surface area contributed by atoms with Crippen LogP contribution in [0.25, 0.3) is 0 Å². The Bertz CT molecular complexity index is 691. The number of rotatable bonds is 10. The largest absolute Gasteiger partial charge is 0.459 e. The normalized spacial score (nSPS) is 18.7. The summed E-state index contributed by atoms with van der Waals surface area (Å²) in [5.41, 5.74) is 5.49. The van der Waals surface area contributed by atoms with Gasteiger partial charge in [-0.2, -0.15) is 0 Å². The molecular formula is C22H36N4O4. The Hall–Kier alpha value is -2.35. The molecule has 0 saturated carbocycles. The van der Waals surface area contributed by atoms with Gasteiger partial charge in [0.15, 0.2) is 5.76 Å². The lowest BCUT2D eigenvalue weighted by Crippen LogP contribution is -2.60. The molecule has 1 saturated heterocycles. The third kappa shape index (κ3) is 6.32. The minimum absolute atomic E-state index is 0.0311. The maximum absolute atomic E-state index is 13.2. The van der Waals surface area contributed by atoms with Gasteiger partial charge >= 0.3 is 0 Å². The van der Waals surface area contributed by atoms with Gasteiger partial charge in [0.05, 0.1) is 6.26 Å². The lowest BCUT2D eigenvalue weighted by molar-refractivity contribution is -0.140. The van der Waals surface area contributed by atoms with Crippen LogP contribution in [-0.4, -0.2) is 65.8 Å². The van der Waals surface area contributed by atoms with E-state index in [1.807, 2.05) is 20.8 Å². The van der Waals surface area contributed by atoms with Crippen molar-refractivity contribution in [2.45, 2.75) is 65.0 Å². The lowest BCUT2D eigenvalue weighted by Gasteiger charge is -2.41. The predicted octanol–water partition coefficient (Wildman–Crippen LogP) is 2.00. The van der Waals surface area contributed by atoms with Gasteiger partial charge in [-0.05, 0) is 44.4 Å². The molecule has 168 valence electrons. The van der Waals surface area contributed by atoms with Crippen LogP contribution in [0.1, 0.15) is 63.4 Å². The fourth-order valence-corrected chi connectivity index (χ4v) is 3.73. The fourth-order valence-electron chi connectivity index (χ4n) is 3.73. The number of carbonyl (C=O) groups excluding carboxylic acids is 3. The van der Waals surface area contributed by atoms with Gasteiger partial charge in [-0.3, -0.25) is 14.4 Å². The molecule has 3 N–H and O–H groups in total. The SMILES string of the molecule is CCC(C)C(NC(=O)CCCCCN)C(=O)N1CCN(C(=O)c2ccco2)C(C)C1. The molecule has 2 rings (SSSR count). The van der Waals surface area contributed by atoms with Gasteiger partial charge in [-0.15, -0.1) is 0 Å². The van der Waals surface area contributed by atoms with Gasteiger partial charge in [-0.1, -0.05) is 26.7 Å². The zero-order valence-corrected chi connectivity index (χ0v) is 18.4. The summed E-state index contributed by atoms with van der Waals surface area (Å²) in [5.74, 6) is 0.00963. The molecule has 1 aromatic heterocycles. The van der Waals surface area contributed by atoms with Crippen LogP contribution in [0.2, 0.25) is 0 Å². The molecule has 0 bridgehead atoms. The minimum atomic E-state index is -0.545. The van der Waals surface area contributed by atoms with Crippen LogP contribution in [0.15, 0.2) is 22.8 Å². The average molecular weight is 421 g/mol. The zero-order chi connectivity index (χ0) is 22.1. The topological polar surface area (TPSA) is 109 Å². The Labute approximate surface area is 179 Å². The van der Waals surface area contributed by atoms with Gasteiger partial charge in [0, 0.05) is 32.1 Å². The number of nitrogens with two attached hydrogens (primary N) is 1. The van der Waals surface area contributed by atoms with E-state index < -0.39 is 6.04 Å². The highest BCUT2D eigenvalue weighted by Crippen LogP contribution is 2.18. The van der Waals surface area contributed by atoms with Crippen LogP contribution < -0.4 is 11.1 Å². The number of carbonyl (C=O) groups is 3. The Kier molecular flexibility index (Phi) is 9.36. The quantitative estimate of drug-likeness (QED) is 0.563. The minimum Gasteiger partial charge on any atom is -0.459 e. The monoisotopic (exact) mass is 420 g/mol. The summed E-state index contributed by atoms with van der Waals surface area (Å²) in [6.07, 6.45) is 5.26. The predicted molar refractivity (Wildman–Crippen MR) is 115 cm³/mol. The number of hydrogen-bond acceptors (Lipinski definition) is 5. The van der Waals surface area contributed by atoms with Crippen molar-refractivity contribution in [2.75, 3.05) is 26.2 Å². The number of amides is 3. The van der Waals surface area contributed by atoms with Crippen molar-refractivity contribution in [3.63, 3.8) is 0 Å². The Morgan fingerprint density at radius 2 is 2.03 bits per heavy atom. The fraction of sp³-hybridized carbons (Fsp3) is 0.682. The van der Waals surface area contributed by atoms with Crippen LogP contribution in [0, 0.1) is 5.92 Å². The molecule has 2 heterocycles. The second-order valence-corrected chi connectivity index (χ2v) is 8.14. The second-order valence-electron chi connectivity index (χ2n) is 8.14. The first-order chi connectivity index (χ1) is 14.4. The van der Waals surface area contributed by atoms with E-state index in [2.05, 4.69) is 5.32 Å². The highest BCUT2D eigenvalue weighted by molar-refractivity contribution is 5.92. The van der Waals surface area contributed by atoms with E-state index in [1.54, 1.807) is 21.9 Å². The number of piperazine rings is 1. The van der Waals surface area contributed by atoms with E-state index >= 15 is 0 Å². The summed E-state index contributed by atoms with van der Waals surface area (Å²) in [6.45, 7) is 7.86. The zero-order valence-electron chi connectivity index (χ0n) is 18.4. The van der Waals surface area contributed by atoms with Crippen molar-refractivity contribution in [1.29, 1.82) is 0 Å².